The fourth-order valence-corrected chi connectivity index (χ4v) is 3.28. The molecule has 0 radical (unpaired) electrons. The van der Waals surface area contributed by atoms with Crippen LogP contribution in [0.4, 0.5) is 5.69 Å². The Hall–Kier alpha value is -2.86. The maximum atomic E-state index is 12.5. The average Bonchev–Trinajstić information content (AvgIpc) is 2.99. The number of carbonyl (C=O) groups is 3. The summed E-state index contributed by atoms with van der Waals surface area (Å²) >= 11 is 5.83. The van der Waals surface area contributed by atoms with Crippen molar-refractivity contribution in [2.75, 3.05) is 18.1 Å². The number of ether oxygens (including phenoxy) is 1. The van der Waals surface area contributed by atoms with Crippen LogP contribution in [0, 0.1) is 0 Å². The zero-order valence-electron chi connectivity index (χ0n) is 14.8. The molecule has 0 aromatic heterocycles. The van der Waals surface area contributed by atoms with Gasteiger partial charge >= 0.3 is 5.97 Å². The summed E-state index contributed by atoms with van der Waals surface area (Å²) in [6, 6.07) is 14.0. The molecule has 0 saturated carbocycles. The molecule has 1 atom stereocenters. The Bertz CT molecular complexity index is 884. The van der Waals surface area contributed by atoms with Gasteiger partial charge in [0.2, 0.25) is 0 Å². The van der Waals surface area contributed by atoms with Crippen molar-refractivity contribution in [3.05, 3.63) is 64.7 Å². The topological polar surface area (TPSA) is 75.7 Å². The number of hydrogen-bond acceptors (Lipinski definition) is 4. The highest BCUT2D eigenvalue weighted by molar-refractivity contribution is 6.31. The number of rotatable bonds is 5. The molecule has 27 heavy (non-hydrogen) atoms. The molecule has 0 aliphatic carbocycles. The monoisotopic (exact) mass is 386 g/mol. The second-order valence-corrected chi connectivity index (χ2v) is 6.74. The standard InChI is InChI=1S/C20H19ClN2O4/c1-13-9-14-5-2-3-8-17(14)23(13)18(24)12-27-19(25)11-22-20(26)15-6-4-7-16(21)10-15/h2-8,10,13H,9,11-12H2,1H3,(H,22,26)/t13-/m1/s1. The van der Waals surface area contributed by atoms with Crippen LogP contribution in [0.15, 0.2) is 48.5 Å². The van der Waals surface area contributed by atoms with Gasteiger partial charge in [0.15, 0.2) is 6.61 Å². The molecule has 0 bridgehead atoms. The Morgan fingerprint density at radius 3 is 2.74 bits per heavy atom. The summed E-state index contributed by atoms with van der Waals surface area (Å²) in [6.45, 7) is 1.25. The Morgan fingerprint density at radius 1 is 1.19 bits per heavy atom. The SMILES string of the molecule is C[C@@H]1Cc2ccccc2N1C(=O)COC(=O)CNC(=O)c1cccc(Cl)c1. The molecule has 1 aliphatic rings. The molecular formula is C20H19ClN2O4. The molecule has 0 unspecified atom stereocenters. The van der Waals surface area contributed by atoms with Crippen LogP contribution >= 0.6 is 11.6 Å². The summed E-state index contributed by atoms with van der Waals surface area (Å²) in [6.07, 6.45) is 0.769. The number of amides is 2. The minimum Gasteiger partial charge on any atom is -0.454 e. The van der Waals surface area contributed by atoms with Crippen molar-refractivity contribution in [3.63, 3.8) is 0 Å². The van der Waals surface area contributed by atoms with E-state index in [2.05, 4.69) is 5.32 Å². The molecule has 6 nitrogen and oxygen atoms in total. The fourth-order valence-electron chi connectivity index (χ4n) is 3.09. The highest BCUT2D eigenvalue weighted by Crippen LogP contribution is 2.31. The number of halogens is 1. The Labute approximate surface area is 162 Å². The number of esters is 1. The number of anilines is 1. The first kappa shape index (κ1) is 18.9. The summed E-state index contributed by atoms with van der Waals surface area (Å²) in [5.74, 6) is -1.41. The summed E-state index contributed by atoms with van der Waals surface area (Å²) < 4.78 is 5.02. The van der Waals surface area contributed by atoms with Gasteiger partial charge in [0.25, 0.3) is 11.8 Å². The van der Waals surface area contributed by atoms with E-state index in [1.165, 1.54) is 6.07 Å². The Balaban J connectivity index is 1.49. The maximum absolute atomic E-state index is 12.5. The highest BCUT2D eigenvalue weighted by Gasteiger charge is 2.30. The first-order chi connectivity index (χ1) is 13.0. The van der Waals surface area contributed by atoms with Gasteiger partial charge in [0.05, 0.1) is 0 Å². The minimum atomic E-state index is -0.682. The zero-order valence-corrected chi connectivity index (χ0v) is 15.5. The smallest absolute Gasteiger partial charge is 0.325 e. The van der Waals surface area contributed by atoms with Gasteiger partial charge < -0.3 is 15.0 Å². The van der Waals surface area contributed by atoms with Crippen molar-refractivity contribution < 1.29 is 19.1 Å². The molecule has 1 aliphatic heterocycles. The van der Waals surface area contributed by atoms with Crippen LogP contribution in [-0.4, -0.2) is 37.0 Å². The Kier molecular flexibility index (Phi) is 5.76. The molecule has 7 heteroatoms. The minimum absolute atomic E-state index is 0.0103. The molecule has 0 fully saturated rings. The van der Waals surface area contributed by atoms with E-state index in [9.17, 15) is 14.4 Å². The molecule has 2 aromatic carbocycles. The van der Waals surface area contributed by atoms with Gasteiger partial charge in [-0.3, -0.25) is 14.4 Å². The lowest BCUT2D eigenvalue weighted by Crippen LogP contribution is -2.39. The van der Waals surface area contributed by atoms with Gasteiger partial charge in [-0.1, -0.05) is 35.9 Å². The third-order valence-corrected chi connectivity index (χ3v) is 4.55. The van der Waals surface area contributed by atoms with Crippen LogP contribution in [-0.2, 0) is 20.7 Å². The lowest BCUT2D eigenvalue weighted by atomic mass is 10.1. The van der Waals surface area contributed by atoms with E-state index < -0.39 is 11.9 Å². The predicted octanol–water partition coefficient (Wildman–Crippen LogP) is 2.59. The average molecular weight is 387 g/mol. The second-order valence-electron chi connectivity index (χ2n) is 6.30. The third-order valence-electron chi connectivity index (χ3n) is 4.31. The van der Waals surface area contributed by atoms with E-state index in [4.69, 9.17) is 16.3 Å². The van der Waals surface area contributed by atoms with Crippen molar-refractivity contribution in [2.24, 2.45) is 0 Å². The van der Waals surface area contributed by atoms with Gasteiger partial charge in [0.1, 0.15) is 6.54 Å². The fraction of sp³-hybridized carbons (Fsp3) is 0.250. The van der Waals surface area contributed by atoms with Crippen molar-refractivity contribution in [1.82, 2.24) is 5.32 Å². The lowest BCUT2D eigenvalue weighted by molar-refractivity contribution is -0.146. The van der Waals surface area contributed by atoms with Gasteiger partial charge in [-0.15, -0.1) is 0 Å². The van der Waals surface area contributed by atoms with E-state index >= 15 is 0 Å². The predicted molar refractivity (Wildman–Crippen MR) is 102 cm³/mol. The largest absolute Gasteiger partial charge is 0.454 e. The van der Waals surface area contributed by atoms with Crippen molar-refractivity contribution in [1.29, 1.82) is 0 Å². The van der Waals surface area contributed by atoms with Crippen LogP contribution in [0.5, 0.6) is 0 Å². The van der Waals surface area contributed by atoms with Crippen LogP contribution < -0.4 is 10.2 Å². The molecule has 140 valence electrons. The van der Waals surface area contributed by atoms with E-state index in [0.29, 0.717) is 10.6 Å². The van der Waals surface area contributed by atoms with E-state index in [1.807, 2.05) is 31.2 Å². The molecule has 3 rings (SSSR count). The summed E-state index contributed by atoms with van der Waals surface area (Å²) in [5, 5.41) is 2.87. The molecule has 0 saturated heterocycles. The normalized spacial score (nSPS) is 15.2. The molecule has 0 spiro atoms. The van der Waals surface area contributed by atoms with Gasteiger partial charge in [-0.2, -0.15) is 0 Å². The van der Waals surface area contributed by atoms with Crippen LogP contribution in [0.2, 0.25) is 5.02 Å². The Morgan fingerprint density at radius 2 is 1.96 bits per heavy atom. The van der Waals surface area contributed by atoms with Crippen molar-refractivity contribution in [3.8, 4) is 0 Å². The first-order valence-corrected chi connectivity index (χ1v) is 8.93. The second kappa shape index (κ2) is 8.22. The molecule has 1 N–H and O–H groups in total. The van der Waals surface area contributed by atoms with Crippen LogP contribution in [0.3, 0.4) is 0 Å². The van der Waals surface area contributed by atoms with Gasteiger partial charge in [-0.05, 0) is 43.2 Å². The molecule has 2 amide bonds. The highest BCUT2D eigenvalue weighted by atomic mass is 35.5. The number of fused-ring (bicyclic) bond motifs is 1. The summed E-state index contributed by atoms with van der Waals surface area (Å²) in [5.41, 5.74) is 2.28. The number of carbonyl (C=O) groups excluding carboxylic acids is 3. The molecule has 2 aromatic rings. The van der Waals surface area contributed by atoms with Crippen LogP contribution in [0.1, 0.15) is 22.8 Å². The lowest BCUT2D eigenvalue weighted by Gasteiger charge is -2.22. The number of hydrogen-bond donors (Lipinski definition) is 1. The van der Waals surface area contributed by atoms with Gasteiger partial charge in [-0.25, -0.2) is 0 Å². The van der Waals surface area contributed by atoms with Crippen LogP contribution in [0.25, 0.3) is 0 Å². The summed E-state index contributed by atoms with van der Waals surface area (Å²) in [4.78, 5) is 37.9. The number of para-hydroxylation sites is 1. The quantitative estimate of drug-likeness (QED) is 0.801. The number of benzene rings is 2. The number of nitrogens with zero attached hydrogens (tertiary/aromatic N) is 1. The summed E-state index contributed by atoms with van der Waals surface area (Å²) in [7, 11) is 0. The van der Waals surface area contributed by atoms with Crippen molar-refractivity contribution >= 4 is 35.1 Å². The molecular weight excluding hydrogens is 368 g/mol. The third kappa shape index (κ3) is 4.46. The van der Waals surface area contributed by atoms with Crippen molar-refractivity contribution in [2.45, 2.75) is 19.4 Å². The molecule has 1 heterocycles. The zero-order chi connectivity index (χ0) is 19.4. The van der Waals surface area contributed by atoms with E-state index in [-0.39, 0.29) is 25.1 Å². The van der Waals surface area contributed by atoms with E-state index in [1.54, 1.807) is 23.1 Å². The van der Waals surface area contributed by atoms with E-state index in [0.717, 1.165) is 17.7 Å². The number of nitrogens with one attached hydrogen (secondary N) is 1. The van der Waals surface area contributed by atoms with Gasteiger partial charge in [0, 0.05) is 22.3 Å². The first-order valence-electron chi connectivity index (χ1n) is 8.55. The maximum Gasteiger partial charge on any atom is 0.325 e.